The van der Waals surface area contributed by atoms with Gasteiger partial charge in [-0.15, -0.1) is 0 Å². The summed E-state index contributed by atoms with van der Waals surface area (Å²) < 4.78 is 43.4. The molecule has 0 saturated carbocycles. The number of anilines is 1. The van der Waals surface area contributed by atoms with Gasteiger partial charge in [-0.3, -0.25) is 9.52 Å². The summed E-state index contributed by atoms with van der Waals surface area (Å²) in [5.41, 5.74) is 2.64. The van der Waals surface area contributed by atoms with Crippen LogP contribution in [-0.2, 0) is 21.9 Å². The first-order valence-electron chi connectivity index (χ1n) is 11.2. The van der Waals surface area contributed by atoms with Gasteiger partial charge in [-0.25, -0.2) is 12.8 Å². The zero-order valence-electron chi connectivity index (χ0n) is 19.4. The van der Waals surface area contributed by atoms with Crippen molar-refractivity contribution in [2.75, 3.05) is 17.8 Å². The second kappa shape index (κ2) is 8.82. The Bertz CT molecular complexity index is 1280. The van der Waals surface area contributed by atoms with Crippen molar-refractivity contribution in [3.05, 3.63) is 60.0 Å². The maximum atomic E-state index is 13.2. The standard InChI is InChI=1S/C25H30FN3O3S/c1-16(2)25(30)29-12-11-21(17(3)14-29)23-15-28(4)24-10-7-19(13-22(23)24)27-33(31,32)20-8-5-18(26)6-9-20/h5-10,13,15-17,21,27H,11-12,14H2,1-4H3/t17-,21+/m0/s1. The molecule has 1 N–H and O–H groups in total. The van der Waals surface area contributed by atoms with Crippen LogP contribution in [0.2, 0.25) is 0 Å². The molecular weight excluding hydrogens is 441 g/mol. The number of benzene rings is 2. The SMILES string of the molecule is CC(C)C(=O)N1CC[C@@H](c2cn(C)c3ccc(NS(=O)(=O)c4ccc(F)cc4)cc23)[C@@H](C)C1. The van der Waals surface area contributed by atoms with Gasteiger partial charge >= 0.3 is 0 Å². The Morgan fingerprint density at radius 2 is 1.85 bits per heavy atom. The number of halogens is 1. The minimum absolute atomic E-state index is 0.00750. The van der Waals surface area contributed by atoms with E-state index in [9.17, 15) is 17.6 Å². The van der Waals surface area contributed by atoms with Crippen LogP contribution >= 0.6 is 0 Å². The Hall–Kier alpha value is -2.87. The van der Waals surface area contributed by atoms with Gasteiger partial charge < -0.3 is 9.47 Å². The second-order valence-corrected chi connectivity index (χ2v) is 11.0. The van der Waals surface area contributed by atoms with Crippen molar-refractivity contribution in [3.63, 3.8) is 0 Å². The lowest BCUT2D eigenvalue weighted by atomic mass is 9.81. The summed E-state index contributed by atoms with van der Waals surface area (Å²) in [5, 5.41) is 0.997. The molecule has 4 rings (SSSR count). The van der Waals surface area contributed by atoms with E-state index < -0.39 is 15.8 Å². The van der Waals surface area contributed by atoms with Crippen LogP contribution in [0.1, 0.15) is 38.7 Å². The minimum atomic E-state index is -3.83. The van der Waals surface area contributed by atoms with E-state index in [1.165, 1.54) is 17.7 Å². The number of nitrogens with zero attached hydrogens (tertiary/aromatic N) is 2. The van der Waals surface area contributed by atoms with Gasteiger partial charge in [0.05, 0.1) is 4.90 Å². The predicted octanol–water partition coefficient (Wildman–Crippen LogP) is 4.73. The normalized spacial score (nSPS) is 19.3. The summed E-state index contributed by atoms with van der Waals surface area (Å²) >= 11 is 0. The van der Waals surface area contributed by atoms with Gasteiger partial charge in [-0.2, -0.15) is 0 Å². The maximum absolute atomic E-state index is 13.2. The number of rotatable bonds is 5. The monoisotopic (exact) mass is 471 g/mol. The lowest BCUT2D eigenvalue weighted by Gasteiger charge is -2.37. The van der Waals surface area contributed by atoms with Crippen molar-refractivity contribution >= 4 is 32.5 Å². The van der Waals surface area contributed by atoms with E-state index in [0.717, 1.165) is 42.5 Å². The van der Waals surface area contributed by atoms with Crippen LogP contribution in [0.4, 0.5) is 10.1 Å². The Kier molecular flexibility index (Phi) is 6.22. The molecule has 1 saturated heterocycles. The van der Waals surface area contributed by atoms with Crippen LogP contribution in [0.25, 0.3) is 10.9 Å². The molecule has 3 aromatic rings. The first kappa shape index (κ1) is 23.3. The largest absolute Gasteiger partial charge is 0.350 e. The summed E-state index contributed by atoms with van der Waals surface area (Å²) in [5.74, 6) is 0.249. The topological polar surface area (TPSA) is 71.4 Å². The molecule has 2 atom stereocenters. The fraction of sp³-hybridized carbons (Fsp3) is 0.400. The summed E-state index contributed by atoms with van der Waals surface area (Å²) in [4.78, 5) is 14.4. The Balaban J connectivity index is 1.63. The number of aryl methyl sites for hydroxylation is 1. The fourth-order valence-electron chi connectivity index (χ4n) is 4.78. The summed E-state index contributed by atoms with van der Waals surface area (Å²) in [7, 11) is -1.85. The number of likely N-dealkylation sites (tertiary alicyclic amines) is 1. The number of hydrogen-bond donors (Lipinski definition) is 1. The number of aromatic nitrogens is 1. The summed E-state index contributed by atoms with van der Waals surface area (Å²) in [6.07, 6.45) is 2.98. The highest BCUT2D eigenvalue weighted by molar-refractivity contribution is 7.92. The van der Waals surface area contributed by atoms with E-state index in [1.807, 2.05) is 37.9 Å². The zero-order chi connectivity index (χ0) is 23.9. The Labute approximate surface area is 194 Å². The number of nitrogens with one attached hydrogen (secondary N) is 1. The van der Waals surface area contributed by atoms with E-state index in [0.29, 0.717) is 5.69 Å². The van der Waals surface area contributed by atoms with Gasteiger partial charge in [0.2, 0.25) is 5.91 Å². The number of amides is 1. The quantitative estimate of drug-likeness (QED) is 0.585. The molecule has 0 spiro atoms. The van der Waals surface area contributed by atoms with Gasteiger partial charge in [-0.05, 0) is 66.3 Å². The minimum Gasteiger partial charge on any atom is -0.350 e. The van der Waals surface area contributed by atoms with Crippen molar-refractivity contribution in [1.29, 1.82) is 0 Å². The Morgan fingerprint density at radius 1 is 1.15 bits per heavy atom. The highest BCUT2D eigenvalue weighted by Crippen LogP contribution is 2.38. The molecule has 176 valence electrons. The number of carbonyl (C=O) groups is 1. The van der Waals surface area contributed by atoms with Crippen molar-refractivity contribution in [2.24, 2.45) is 18.9 Å². The zero-order valence-corrected chi connectivity index (χ0v) is 20.2. The molecule has 6 nitrogen and oxygen atoms in total. The van der Waals surface area contributed by atoms with Crippen molar-refractivity contribution in [1.82, 2.24) is 9.47 Å². The van der Waals surface area contributed by atoms with Gasteiger partial charge in [0.1, 0.15) is 5.82 Å². The number of fused-ring (bicyclic) bond motifs is 1. The summed E-state index contributed by atoms with van der Waals surface area (Å²) in [6, 6.07) is 10.3. The molecule has 1 aliphatic rings. The van der Waals surface area contributed by atoms with Gasteiger partial charge in [-0.1, -0.05) is 20.8 Å². The van der Waals surface area contributed by atoms with E-state index in [4.69, 9.17) is 0 Å². The first-order chi connectivity index (χ1) is 15.6. The van der Waals surface area contributed by atoms with Crippen molar-refractivity contribution in [3.8, 4) is 0 Å². The fourth-order valence-corrected chi connectivity index (χ4v) is 5.83. The average Bonchev–Trinajstić information content (AvgIpc) is 3.08. The van der Waals surface area contributed by atoms with E-state index in [2.05, 4.69) is 22.4 Å². The molecule has 33 heavy (non-hydrogen) atoms. The molecule has 0 bridgehead atoms. The number of carbonyl (C=O) groups excluding carboxylic acids is 1. The molecule has 8 heteroatoms. The molecule has 0 aliphatic carbocycles. The third-order valence-corrected chi connectivity index (χ3v) is 7.90. The molecule has 1 amide bonds. The lowest BCUT2D eigenvalue weighted by molar-refractivity contribution is -0.136. The smallest absolute Gasteiger partial charge is 0.261 e. The molecular formula is C25H30FN3O3S. The third kappa shape index (κ3) is 4.62. The predicted molar refractivity (Wildman–Crippen MR) is 128 cm³/mol. The number of sulfonamides is 1. The maximum Gasteiger partial charge on any atom is 0.261 e. The van der Waals surface area contributed by atoms with Crippen LogP contribution in [0, 0.1) is 17.7 Å². The molecule has 1 fully saturated rings. The van der Waals surface area contributed by atoms with Crippen molar-refractivity contribution < 1.29 is 17.6 Å². The van der Waals surface area contributed by atoms with E-state index in [-0.39, 0.29) is 28.6 Å². The van der Waals surface area contributed by atoms with Gasteiger partial charge in [0, 0.05) is 48.8 Å². The highest BCUT2D eigenvalue weighted by atomic mass is 32.2. The summed E-state index contributed by atoms with van der Waals surface area (Å²) in [6.45, 7) is 7.47. The molecule has 0 radical (unpaired) electrons. The van der Waals surface area contributed by atoms with Crippen LogP contribution in [0.5, 0.6) is 0 Å². The molecule has 2 aromatic carbocycles. The molecule has 1 aliphatic heterocycles. The molecule has 0 unspecified atom stereocenters. The van der Waals surface area contributed by atoms with E-state index in [1.54, 1.807) is 6.07 Å². The molecule has 2 heterocycles. The van der Waals surface area contributed by atoms with Crippen LogP contribution in [0.3, 0.4) is 0 Å². The van der Waals surface area contributed by atoms with Crippen LogP contribution in [-0.4, -0.2) is 36.9 Å². The van der Waals surface area contributed by atoms with Gasteiger partial charge in [0.15, 0.2) is 0 Å². The van der Waals surface area contributed by atoms with Crippen LogP contribution < -0.4 is 4.72 Å². The first-order valence-corrected chi connectivity index (χ1v) is 12.7. The third-order valence-electron chi connectivity index (χ3n) is 6.51. The molecule has 1 aromatic heterocycles. The highest BCUT2D eigenvalue weighted by Gasteiger charge is 2.32. The lowest BCUT2D eigenvalue weighted by Crippen LogP contribution is -2.43. The Morgan fingerprint density at radius 3 is 2.48 bits per heavy atom. The van der Waals surface area contributed by atoms with Crippen LogP contribution in [0.15, 0.2) is 53.6 Å². The van der Waals surface area contributed by atoms with Gasteiger partial charge in [0.25, 0.3) is 10.0 Å². The second-order valence-electron chi connectivity index (χ2n) is 9.30. The number of piperidine rings is 1. The average molecular weight is 472 g/mol. The number of hydrogen-bond acceptors (Lipinski definition) is 3. The van der Waals surface area contributed by atoms with E-state index >= 15 is 0 Å². The van der Waals surface area contributed by atoms with Crippen molar-refractivity contribution in [2.45, 2.75) is 38.0 Å².